The normalized spacial score (nSPS) is 12.0. The number of hydrogen-bond acceptors (Lipinski definition) is 12. The second kappa shape index (κ2) is 24.4. The fraction of sp³-hybridized carbons (Fsp3) is 0.217. The van der Waals surface area contributed by atoms with Crippen molar-refractivity contribution >= 4 is 127 Å². The van der Waals surface area contributed by atoms with Gasteiger partial charge in [0, 0.05) is 52.5 Å². The number of ether oxygens (including phenoxy) is 2. The monoisotopic (exact) mass is 1010 g/mol. The maximum Gasteiger partial charge on any atom is 0.258 e. The number of amides is 4. The summed E-state index contributed by atoms with van der Waals surface area (Å²) in [7, 11) is 2.97. The van der Waals surface area contributed by atoms with Crippen molar-refractivity contribution in [1.82, 2.24) is 0 Å². The summed E-state index contributed by atoms with van der Waals surface area (Å²) in [4.78, 5) is 79.0. The minimum atomic E-state index is -1.64. The molecule has 0 aliphatic rings. The second-order valence-electron chi connectivity index (χ2n) is 14.2. The highest BCUT2D eigenvalue weighted by Crippen LogP contribution is 2.33. The molecule has 0 aliphatic heterocycles. The van der Waals surface area contributed by atoms with Crippen LogP contribution in [0.1, 0.15) is 51.3 Å². The zero-order chi connectivity index (χ0) is 48.8. The maximum absolute atomic E-state index is 13.5. The van der Waals surface area contributed by atoms with Gasteiger partial charge in [0.25, 0.3) is 23.6 Å². The molecule has 0 fully saturated rings. The molecule has 0 aliphatic carbocycles. The average Bonchev–Trinajstić information content (AvgIpc) is 3.30. The largest absolute Gasteiger partial charge is 0.497 e. The Kier molecular flexibility index (Phi) is 18.8. The summed E-state index contributed by atoms with van der Waals surface area (Å²) in [5.41, 5.74) is 3.06. The van der Waals surface area contributed by atoms with Crippen LogP contribution in [0.15, 0.2) is 111 Å². The van der Waals surface area contributed by atoms with Crippen LogP contribution in [0.5, 0.6) is 11.5 Å². The molecular weight excluding hydrogens is 970 g/mol. The molecule has 16 nitrogen and oxygen atoms in total. The average molecular weight is 1010 g/mol. The summed E-state index contributed by atoms with van der Waals surface area (Å²) in [5, 5.41) is 26.7. The number of hydrogen-bond donors (Lipinski definition) is 4. The van der Waals surface area contributed by atoms with Crippen molar-refractivity contribution in [3.63, 3.8) is 0 Å². The second-order valence-corrected chi connectivity index (χ2v) is 15.9. The summed E-state index contributed by atoms with van der Waals surface area (Å²) in [5.74, 6) is -2.87. The third-order valence-electron chi connectivity index (χ3n) is 9.69. The first kappa shape index (κ1) is 51.6. The number of benzene rings is 5. The molecule has 0 saturated heterocycles. The van der Waals surface area contributed by atoms with Gasteiger partial charge in [-0.05, 0) is 91.6 Å². The molecule has 0 bridgehead atoms. The summed E-state index contributed by atoms with van der Waals surface area (Å²) >= 11 is 31.4. The van der Waals surface area contributed by atoms with Crippen LogP contribution in [0.2, 0.25) is 10.0 Å². The highest BCUT2D eigenvalue weighted by Gasteiger charge is 2.27. The SMILES string of the molecule is COc1ccc(CCl)c(NC(=O)c2cccc(N=NC(C(C)=O)C(=O)Nc3ccc(NC(=O)C(N=Nc4cccc(C(=O)Nc5cc(OC)ccc5CCl)c4Cl)C(C)=O)c(CCCl)c3)c2Cl)c1. The third-order valence-corrected chi connectivity index (χ3v) is 11.2. The lowest BCUT2D eigenvalue weighted by atomic mass is 10.1. The smallest absolute Gasteiger partial charge is 0.258 e. The molecule has 4 amide bonds. The van der Waals surface area contributed by atoms with Crippen LogP contribution in [-0.4, -0.2) is 67.4 Å². The van der Waals surface area contributed by atoms with Crippen LogP contribution in [-0.2, 0) is 37.4 Å². The number of aryl methyl sites for hydroxylation is 1. The van der Waals surface area contributed by atoms with Gasteiger partial charge in [-0.25, -0.2) is 0 Å². The molecule has 0 aromatic heterocycles. The van der Waals surface area contributed by atoms with E-state index < -0.39 is 47.3 Å². The van der Waals surface area contributed by atoms with Gasteiger partial charge in [0.15, 0.2) is 11.6 Å². The number of nitrogens with zero attached hydrogens (tertiary/aromatic N) is 4. The molecule has 348 valence electrons. The standard InChI is InChI=1S/C46H41Cl5N8O8/c1-24(60)41(58-56-35-9-5-7-32(39(35)50)43(62)54-37-20-30(66-3)14-11-27(37)22-48)45(64)52-29-13-16-34(26(19-29)17-18-47)53-46(65)42(25(2)61)59-57-36-10-6-8-33(40(36)51)44(63)55-38-21-31(67-4)15-12-28(38)23-49/h5-16,19-21,41-42H,17-18,22-23H2,1-4H3,(H,52,64)(H,53,65)(H,54,62)(H,55,63). The van der Waals surface area contributed by atoms with Crippen LogP contribution in [0, 0.1) is 0 Å². The molecule has 2 atom stereocenters. The molecule has 5 rings (SSSR count). The van der Waals surface area contributed by atoms with E-state index in [1.807, 2.05) is 0 Å². The predicted octanol–water partition coefficient (Wildman–Crippen LogP) is 11.1. The van der Waals surface area contributed by atoms with E-state index in [1.165, 1.54) is 68.8 Å². The number of ketones is 2. The molecule has 0 saturated carbocycles. The van der Waals surface area contributed by atoms with E-state index in [1.54, 1.807) is 36.4 Å². The topological polar surface area (TPSA) is 218 Å². The van der Waals surface area contributed by atoms with Gasteiger partial charge in [0.2, 0.25) is 12.1 Å². The van der Waals surface area contributed by atoms with Gasteiger partial charge in [0.05, 0.1) is 35.4 Å². The summed E-state index contributed by atoms with van der Waals surface area (Å²) in [6.45, 7) is 2.31. The van der Waals surface area contributed by atoms with Crippen molar-refractivity contribution < 1.29 is 38.2 Å². The molecule has 5 aromatic rings. The number of carbonyl (C=O) groups excluding carboxylic acids is 6. The molecule has 21 heteroatoms. The fourth-order valence-electron chi connectivity index (χ4n) is 6.15. The van der Waals surface area contributed by atoms with Gasteiger partial charge in [0.1, 0.15) is 22.9 Å². The lowest BCUT2D eigenvalue weighted by molar-refractivity contribution is -0.127. The van der Waals surface area contributed by atoms with Crippen molar-refractivity contribution in [3.05, 3.63) is 129 Å². The number of azo groups is 2. The van der Waals surface area contributed by atoms with Gasteiger partial charge in [-0.1, -0.05) is 47.5 Å². The third kappa shape index (κ3) is 13.4. The fourth-order valence-corrected chi connectivity index (χ4v) is 7.31. The number of anilines is 4. The maximum atomic E-state index is 13.5. The Balaban J connectivity index is 1.29. The summed E-state index contributed by atoms with van der Waals surface area (Å²) in [6, 6.07) is 20.0. The number of alkyl halides is 3. The van der Waals surface area contributed by atoms with Crippen LogP contribution < -0.4 is 30.7 Å². The molecule has 0 heterocycles. The Bertz CT molecular complexity index is 2770. The predicted molar refractivity (Wildman–Crippen MR) is 260 cm³/mol. The highest BCUT2D eigenvalue weighted by molar-refractivity contribution is 6.37. The van der Waals surface area contributed by atoms with E-state index in [4.69, 9.17) is 67.5 Å². The lowest BCUT2D eigenvalue weighted by Crippen LogP contribution is -2.32. The molecular formula is C46H41Cl5N8O8. The Labute approximate surface area is 409 Å². The van der Waals surface area contributed by atoms with E-state index in [2.05, 4.69) is 41.7 Å². The Morgan fingerprint density at radius 1 is 0.552 bits per heavy atom. The Morgan fingerprint density at radius 3 is 1.43 bits per heavy atom. The van der Waals surface area contributed by atoms with Crippen LogP contribution >= 0.6 is 58.0 Å². The summed E-state index contributed by atoms with van der Waals surface area (Å²) < 4.78 is 10.5. The van der Waals surface area contributed by atoms with Crippen molar-refractivity contribution in [2.45, 2.75) is 44.1 Å². The van der Waals surface area contributed by atoms with Crippen molar-refractivity contribution in [2.75, 3.05) is 41.4 Å². The first-order chi connectivity index (χ1) is 32.1. The minimum absolute atomic E-state index is 0.00826. The zero-order valence-electron chi connectivity index (χ0n) is 36.1. The number of halogens is 5. The molecule has 67 heavy (non-hydrogen) atoms. The van der Waals surface area contributed by atoms with Gasteiger partial charge in [-0.2, -0.15) is 20.5 Å². The molecule has 0 spiro atoms. The van der Waals surface area contributed by atoms with E-state index >= 15 is 0 Å². The number of methoxy groups -OCH3 is 2. The lowest BCUT2D eigenvalue weighted by Gasteiger charge is -2.16. The quantitative estimate of drug-likeness (QED) is 0.0333. The number of Topliss-reactive ketones (excluding diaryl/α,β-unsaturated/α-hetero) is 2. The van der Waals surface area contributed by atoms with Gasteiger partial charge in [-0.15, -0.1) is 34.8 Å². The highest BCUT2D eigenvalue weighted by atomic mass is 35.5. The number of carbonyl (C=O) groups is 6. The van der Waals surface area contributed by atoms with Crippen molar-refractivity contribution in [2.24, 2.45) is 20.5 Å². The first-order valence-electron chi connectivity index (χ1n) is 19.9. The zero-order valence-corrected chi connectivity index (χ0v) is 39.9. The first-order valence-corrected chi connectivity index (χ1v) is 22.3. The van der Waals surface area contributed by atoms with Crippen LogP contribution in [0.4, 0.5) is 34.1 Å². The Morgan fingerprint density at radius 2 is 1.01 bits per heavy atom. The van der Waals surface area contributed by atoms with E-state index in [-0.39, 0.29) is 68.0 Å². The van der Waals surface area contributed by atoms with E-state index in [0.29, 0.717) is 39.6 Å². The summed E-state index contributed by atoms with van der Waals surface area (Å²) in [6.07, 6.45) is 0.197. The van der Waals surface area contributed by atoms with Gasteiger partial charge < -0.3 is 30.7 Å². The number of nitrogens with one attached hydrogen (secondary N) is 4. The number of rotatable bonds is 20. The van der Waals surface area contributed by atoms with Crippen LogP contribution in [0.25, 0.3) is 0 Å². The van der Waals surface area contributed by atoms with Crippen LogP contribution in [0.3, 0.4) is 0 Å². The minimum Gasteiger partial charge on any atom is -0.497 e. The van der Waals surface area contributed by atoms with Crippen molar-refractivity contribution in [3.8, 4) is 11.5 Å². The molecule has 5 aromatic carbocycles. The van der Waals surface area contributed by atoms with Crippen molar-refractivity contribution in [1.29, 1.82) is 0 Å². The molecule has 4 N–H and O–H groups in total. The van der Waals surface area contributed by atoms with E-state index in [0.717, 1.165) is 13.8 Å². The van der Waals surface area contributed by atoms with Gasteiger partial charge >= 0.3 is 0 Å². The molecule has 2 unspecified atom stereocenters. The molecule has 0 radical (unpaired) electrons. The Hall–Kier alpha value is -6.43. The van der Waals surface area contributed by atoms with E-state index in [9.17, 15) is 28.8 Å². The van der Waals surface area contributed by atoms with Gasteiger partial charge in [-0.3, -0.25) is 28.8 Å².